The molecule has 3 nitrogen and oxygen atoms in total. The summed E-state index contributed by atoms with van der Waals surface area (Å²) >= 11 is 0. The van der Waals surface area contributed by atoms with Crippen LogP contribution >= 0.6 is 0 Å². The summed E-state index contributed by atoms with van der Waals surface area (Å²) in [5, 5.41) is 2.37. The van der Waals surface area contributed by atoms with Crippen LogP contribution in [0.5, 0.6) is 0 Å². The lowest BCUT2D eigenvalue weighted by molar-refractivity contribution is -0.138. The molecule has 4 heteroatoms. The number of halogens is 1. The highest BCUT2D eigenvalue weighted by Gasteiger charge is 2.38. The Kier molecular flexibility index (Phi) is 3.79. The molecule has 4 unspecified atom stereocenters. The minimum atomic E-state index is -0.774. The van der Waals surface area contributed by atoms with E-state index < -0.39 is 6.17 Å². The fourth-order valence-electron chi connectivity index (χ4n) is 3.19. The van der Waals surface area contributed by atoms with Crippen molar-refractivity contribution in [3.8, 4) is 0 Å². The number of hydrogen-bond donors (Lipinski definition) is 1. The van der Waals surface area contributed by atoms with Crippen molar-refractivity contribution in [3.05, 3.63) is 0 Å². The molecular formula is C13H20FNO2. The fourth-order valence-corrected chi connectivity index (χ4v) is 3.19. The third kappa shape index (κ3) is 2.67. The van der Waals surface area contributed by atoms with Crippen LogP contribution in [-0.4, -0.2) is 18.0 Å². The van der Waals surface area contributed by atoms with Gasteiger partial charge in [-0.1, -0.05) is 13.3 Å². The second kappa shape index (κ2) is 5.15. The van der Waals surface area contributed by atoms with Gasteiger partial charge in [-0.3, -0.25) is 14.9 Å². The molecule has 4 atom stereocenters. The van der Waals surface area contributed by atoms with E-state index in [0.717, 1.165) is 19.3 Å². The topological polar surface area (TPSA) is 46.2 Å². The first-order valence-corrected chi connectivity index (χ1v) is 6.59. The number of carbonyl (C=O) groups is 2. The third-order valence-corrected chi connectivity index (χ3v) is 4.32. The Morgan fingerprint density at radius 1 is 1.29 bits per heavy atom. The second-order valence-electron chi connectivity index (χ2n) is 5.32. The zero-order chi connectivity index (χ0) is 12.4. The van der Waals surface area contributed by atoms with Gasteiger partial charge < -0.3 is 0 Å². The van der Waals surface area contributed by atoms with E-state index in [1.807, 2.05) is 6.92 Å². The van der Waals surface area contributed by atoms with Crippen LogP contribution in [0.3, 0.4) is 0 Å². The summed E-state index contributed by atoms with van der Waals surface area (Å²) in [6.07, 6.45) is 3.39. The summed E-state index contributed by atoms with van der Waals surface area (Å²) in [6.45, 7) is 2.02. The monoisotopic (exact) mass is 241 g/mol. The minimum absolute atomic E-state index is 0.126. The van der Waals surface area contributed by atoms with Crippen LogP contribution in [0.2, 0.25) is 0 Å². The van der Waals surface area contributed by atoms with Gasteiger partial charge in [0.05, 0.1) is 0 Å². The van der Waals surface area contributed by atoms with Gasteiger partial charge in [-0.25, -0.2) is 4.39 Å². The van der Waals surface area contributed by atoms with Crippen molar-refractivity contribution >= 4 is 11.8 Å². The largest absolute Gasteiger partial charge is 0.296 e. The van der Waals surface area contributed by atoms with Crippen LogP contribution in [0.15, 0.2) is 0 Å². The van der Waals surface area contributed by atoms with Crippen LogP contribution in [0, 0.1) is 17.8 Å². The van der Waals surface area contributed by atoms with E-state index in [1.54, 1.807) is 0 Å². The second-order valence-corrected chi connectivity index (χ2v) is 5.32. The molecule has 1 saturated carbocycles. The maximum atomic E-state index is 13.9. The quantitative estimate of drug-likeness (QED) is 0.753. The molecule has 1 aliphatic carbocycles. The molecule has 17 heavy (non-hydrogen) atoms. The van der Waals surface area contributed by atoms with Crippen molar-refractivity contribution in [2.75, 3.05) is 0 Å². The SMILES string of the molecule is CCC1CCC(C2CCC(=O)NC2=O)CC1F. The highest BCUT2D eigenvalue weighted by molar-refractivity contribution is 5.98. The van der Waals surface area contributed by atoms with E-state index in [0.29, 0.717) is 19.3 Å². The first-order valence-electron chi connectivity index (χ1n) is 6.59. The van der Waals surface area contributed by atoms with Crippen molar-refractivity contribution < 1.29 is 14.0 Å². The molecule has 0 radical (unpaired) electrons. The summed E-state index contributed by atoms with van der Waals surface area (Å²) in [5.41, 5.74) is 0. The van der Waals surface area contributed by atoms with Crippen LogP contribution in [0.1, 0.15) is 45.4 Å². The average Bonchev–Trinajstić information content (AvgIpc) is 2.29. The van der Waals surface area contributed by atoms with E-state index in [9.17, 15) is 14.0 Å². The predicted octanol–water partition coefficient (Wildman–Crippen LogP) is 2.20. The van der Waals surface area contributed by atoms with E-state index in [4.69, 9.17) is 0 Å². The van der Waals surface area contributed by atoms with E-state index in [-0.39, 0.29) is 29.6 Å². The minimum Gasteiger partial charge on any atom is -0.296 e. The van der Waals surface area contributed by atoms with E-state index in [2.05, 4.69) is 5.32 Å². The summed E-state index contributed by atoms with van der Waals surface area (Å²) in [5.74, 6) is -0.233. The lowest BCUT2D eigenvalue weighted by Gasteiger charge is -2.36. The van der Waals surface area contributed by atoms with Crippen LogP contribution < -0.4 is 5.32 Å². The van der Waals surface area contributed by atoms with Gasteiger partial charge in [0.25, 0.3) is 0 Å². The van der Waals surface area contributed by atoms with Crippen molar-refractivity contribution in [1.29, 1.82) is 0 Å². The smallest absolute Gasteiger partial charge is 0.229 e. The maximum Gasteiger partial charge on any atom is 0.229 e. The first kappa shape index (κ1) is 12.5. The molecule has 0 spiro atoms. The summed E-state index contributed by atoms with van der Waals surface area (Å²) in [4.78, 5) is 22.8. The lowest BCUT2D eigenvalue weighted by Crippen LogP contribution is -2.45. The van der Waals surface area contributed by atoms with Crippen molar-refractivity contribution in [2.45, 2.75) is 51.6 Å². The Morgan fingerprint density at radius 3 is 2.65 bits per heavy atom. The molecule has 1 heterocycles. The molecule has 96 valence electrons. The Morgan fingerprint density at radius 2 is 2.06 bits per heavy atom. The Balaban J connectivity index is 1.95. The lowest BCUT2D eigenvalue weighted by atomic mass is 9.72. The summed E-state index contributed by atoms with van der Waals surface area (Å²) in [7, 11) is 0. The number of amides is 2. The van der Waals surface area contributed by atoms with Gasteiger partial charge in [0.1, 0.15) is 6.17 Å². The van der Waals surface area contributed by atoms with Crippen LogP contribution in [0.4, 0.5) is 4.39 Å². The molecular weight excluding hydrogens is 221 g/mol. The number of imide groups is 1. The Labute approximate surface area is 101 Å². The molecule has 0 aromatic carbocycles. The molecule has 1 aliphatic heterocycles. The average molecular weight is 241 g/mol. The molecule has 2 rings (SSSR count). The molecule has 0 aromatic rings. The van der Waals surface area contributed by atoms with Gasteiger partial charge in [-0.2, -0.15) is 0 Å². The normalized spacial score (nSPS) is 38.9. The van der Waals surface area contributed by atoms with Gasteiger partial charge in [0.2, 0.25) is 11.8 Å². The Bertz CT molecular complexity index is 319. The zero-order valence-electron chi connectivity index (χ0n) is 10.2. The number of carbonyl (C=O) groups excluding carboxylic acids is 2. The Hall–Kier alpha value is -0.930. The van der Waals surface area contributed by atoms with Gasteiger partial charge in [-0.15, -0.1) is 0 Å². The summed E-state index contributed by atoms with van der Waals surface area (Å²) < 4.78 is 13.9. The molecule has 0 aromatic heterocycles. The zero-order valence-corrected chi connectivity index (χ0v) is 10.2. The standard InChI is InChI=1S/C13H20FNO2/c1-2-8-3-4-9(7-11(8)14)10-5-6-12(16)15-13(10)17/h8-11H,2-7H2,1H3,(H,15,16,17). The highest BCUT2D eigenvalue weighted by Crippen LogP contribution is 2.39. The van der Waals surface area contributed by atoms with Crippen molar-refractivity contribution in [3.63, 3.8) is 0 Å². The highest BCUT2D eigenvalue weighted by atomic mass is 19.1. The number of hydrogen-bond acceptors (Lipinski definition) is 2. The molecule has 2 aliphatic rings. The third-order valence-electron chi connectivity index (χ3n) is 4.32. The van der Waals surface area contributed by atoms with Crippen LogP contribution in [-0.2, 0) is 9.59 Å². The molecule has 0 bridgehead atoms. The van der Waals surface area contributed by atoms with E-state index >= 15 is 0 Å². The molecule has 2 amide bonds. The number of alkyl halides is 1. The fraction of sp³-hybridized carbons (Fsp3) is 0.846. The van der Waals surface area contributed by atoms with Crippen molar-refractivity contribution in [1.82, 2.24) is 5.32 Å². The van der Waals surface area contributed by atoms with Gasteiger partial charge >= 0.3 is 0 Å². The number of piperidine rings is 1. The predicted molar refractivity (Wildman–Crippen MR) is 61.9 cm³/mol. The van der Waals surface area contributed by atoms with Crippen LogP contribution in [0.25, 0.3) is 0 Å². The number of rotatable bonds is 2. The number of nitrogens with one attached hydrogen (secondary N) is 1. The van der Waals surface area contributed by atoms with Crippen molar-refractivity contribution in [2.24, 2.45) is 17.8 Å². The maximum absolute atomic E-state index is 13.9. The van der Waals surface area contributed by atoms with E-state index in [1.165, 1.54) is 0 Å². The molecule has 1 N–H and O–H groups in total. The van der Waals surface area contributed by atoms with Gasteiger partial charge in [0, 0.05) is 12.3 Å². The van der Waals surface area contributed by atoms with Gasteiger partial charge in [-0.05, 0) is 37.5 Å². The molecule has 1 saturated heterocycles. The summed E-state index contributed by atoms with van der Waals surface area (Å²) in [6, 6.07) is 0. The molecule has 2 fully saturated rings. The first-order chi connectivity index (χ1) is 8.11. The van der Waals surface area contributed by atoms with Gasteiger partial charge in [0.15, 0.2) is 0 Å².